The topological polar surface area (TPSA) is 78.9 Å². The Labute approximate surface area is 378 Å². The maximum Gasteiger partial charge on any atom is 0.306 e. The van der Waals surface area contributed by atoms with E-state index in [0.29, 0.717) is 19.3 Å². The molecule has 0 bridgehead atoms. The van der Waals surface area contributed by atoms with Gasteiger partial charge < -0.3 is 14.2 Å². The molecule has 0 radical (unpaired) electrons. The van der Waals surface area contributed by atoms with Gasteiger partial charge in [-0.2, -0.15) is 0 Å². The molecule has 0 saturated heterocycles. The Morgan fingerprint density at radius 3 is 1.27 bits per heavy atom. The van der Waals surface area contributed by atoms with Crippen molar-refractivity contribution in [1.82, 2.24) is 0 Å². The van der Waals surface area contributed by atoms with E-state index in [9.17, 15) is 14.4 Å². The molecule has 1 unspecified atom stereocenters. The van der Waals surface area contributed by atoms with Crippen molar-refractivity contribution in [2.24, 2.45) is 0 Å². The fraction of sp³-hybridized carbons (Fsp3) is 0.482. The summed E-state index contributed by atoms with van der Waals surface area (Å²) >= 11 is 0. The lowest BCUT2D eigenvalue weighted by Gasteiger charge is -2.18. The highest BCUT2D eigenvalue weighted by Crippen LogP contribution is 2.09. The van der Waals surface area contributed by atoms with E-state index >= 15 is 0 Å². The van der Waals surface area contributed by atoms with Crippen molar-refractivity contribution in [3.8, 4) is 0 Å². The van der Waals surface area contributed by atoms with Crippen molar-refractivity contribution in [2.75, 3.05) is 13.2 Å². The third-order valence-corrected chi connectivity index (χ3v) is 8.96. The third-order valence-electron chi connectivity index (χ3n) is 8.96. The van der Waals surface area contributed by atoms with E-state index in [0.717, 1.165) is 70.6 Å². The molecule has 0 aromatic carbocycles. The van der Waals surface area contributed by atoms with Crippen LogP contribution in [0.5, 0.6) is 0 Å². The summed E-state index contributed by atoms with van der Waals surface area (Å²) in [6, 6.07) is 0. The first-order chi connectivity index (χ1) is 30.5. The number of hydrogen-bond acceptors (Lipinski definition) is 6. The molecule has 1 atom stereocenters. The van der Waals surface area contributed by atoms with Crippen LogP contribution in [0.3, 0.4) is 0 Å². The summed E-state index contributed by atoms with van der Waals surface area (Å²) in [5, 5.41) is 0. The zero-order chi connectivity index (χ0) is 45.1. The highest BCUT2D eigenvalue weighted by molar-refractivity contribution is 5.71. The van der Waals surface area contributed by atoms with Crippen LogP contribution < -0.4 is 0 Å². The van der Waals surface area contributed by atoms with E-state index in [2.05, 4.69) is 93.7 Å². The summed E-state index contributed by atoms with van der Waals surface area (Å²) in [6.45, 7) is 6.17. The Morgan fingerprint density at radius 2 is 0.758 bits per heavy atom. The third kappa shape index (κ3) is 46.1. The molecule has 0 heterocycles. The molecular weight excluding hydrogens is 769 g/mol. The molecule has 0 aromatic heterocycles. The second-order valence-corrected chi connectivity index (χ2v) is 14.7. The van der Waals surface area contributed by atoms with Crippen LogP contribution in [-0.2, 0) is 28.6 Å². The highest BCUT2D eigenvalue weighted by Gasteiger charge is 2.19. The Bertz CT molecular complexity index is 1490. The molecule has 0 aromatic rings. The zero-order valence-electron chi connectivity index (χ0n) is 38.8. The highest BCUT2D eigenvalue weighted by atomic mass is 16.6. The van der Waals surface area contributed by atoms with E-state index < -0.39 is 12.1 Å². The molecule has 0 aliphatic carbocycles. The van der Waals surface area contributed by atoms with Gasteiger partial charge in [0.15, 0.2) is 6.10 Å². The molecule has 0 N–H and O–H groups in total. The molecule has 0 aliphatic heterocycles. The second-order valence-electron chi connectivity index (χ2n) is 14.7. The molecular formula is C56H82O6. The second kappa shape index (κ2) is 48.7. The van der Waals surface area contributed by atoms with Crippen LogP contribution in [0.1, 0.15) is 156 Å². The Balaban J connectivity index is 4.63. The molecule has 6 nitrogen and oxygen atoms in total. The lowest BCUT2D eigenvalue weighted by Crippen LogP contribution is -2.30. The van der Waals surface area contributed by atoms with Gasteiger partial charge in [0.2, 0.25) is 0 Å². The molecule has 0 amide bonds. The number of ether oxygens (including phenoxy) is 3. The van der Waals surface area contributed by atoms with Crippen LogP contribution in [0.25, 0.3) is 0 Å². The van der Waals surface area contributed by atoms with Gasteiger partial charge >= 0.3 is 17.9 Å². The summed E-state index contributed by atoms with van der Waals surface area (Å²) in [7, 11) is 0. The number of esters is 3. The zero-order valence-corrected chi connectivity index (χ0v) is 38.8. The monoisotopic (exact) mass is 851 g/mol. The first kappa shape index (κ1) is 57.0. The van der Waals surface area contributed by atoms with E-state index in [4.69, 9.17) is 14.2 Å². The van der Waals surface area contributed by atoms with Gasteiger partial charge in [0.25, 0.3) is 0 Å². The SMILES string of the molecule is CC\C=C/C=C\C=C/C=C\C=C\C=C/C=C\CCCCCC(=O)OCC(COC(=O)CCC/C=C\CCCCCC)OC(=O)CC/C=C\C/C=C\C/C=C\C/C=C\C/C=C\CC. The number of unbranched alkanes of at least 4 members (excludes halogenated alkanes) is 8. The van der Waals surface area contributed by atoms with E-state index in [1.807, 2.05) is 85.1 Å². The lowest BCUT2D eigenvalue weighted by molar-refractivity contribution is -0.166. The Hall–Kier alpha value is -4.97. The summed E-state index contributed by atoms with van der Waals surface area (Å²) < 4.78 is 16.6. The normalized spacial score (nSPS) is 13.5. The van der Waals surface area contributed by atoms with Crippen molar-refractivity contribution < 1.29 is 28.6 Å². The molecule has 0 saturated carbocycles. The number of hydrogen-bond donors (Lipinski definition) is 0. The molecule has 62 heavy (non-hydrogen) atoms. The largest absolute Gasteiger partial charge is 0.462 e. The Kier molecular flexibility index (Phi) is 44.8. The predicted molar refractivity (Wildman–Crippen MR) is 265 cm³/mol. The van der Waals surface area contributed by atoms with Crippen LogP contribution in [0.15, 0.2) is 158 Å². The number of carbonyl (C=O) groups is 3. The van der Waals surface area contributed by atoms with Gasteiger partial charge in [0.1, 0.15) is 13.2 Å². The van der Waals surface area contributed by atoms with Crippen LogP contribution in [0.2, 0.25) is 0 Å². The van der Waals surface area contributed by atoms with Gasteiger partial charge in [0.05, 0.1) is 0 Å². The minimum absolute atomic E-state index is 0.146. The lowest BCUT2D eigenvalue weighted by atomic mass is 10.1. The van der Waals surface area contributed by atoms with Gasteiger partial charge in [-0.25, -0.2) is 0 Å². The van der Waals surface area contributed by atoms with E-state index in [1.165, 1.54) is 25.7 Å². The average molecular weight is 851 g/mol. The molecule has 6 heteroatoms. The van der Waals surface area contributed by atoms with Crippen LogP contribution >= 0.6 is 0 Å². The maximum absolute atomic E-state index is 12.7. The minimum Gasteiger partial charge on any atom is -0.462 e. The number of rotatable bonds is 39. The molecule has 0 spiro atoms. The maximum atomic E-state index is 12.7. The van der Waals surface area contributed by atoms with Crippen molar-refractivity contribution in [3.63, 3.8) is 0 Å². The average Bonchev–Trinajstić information content (AvgIpc) is 3.27. The first-order valence-electron chi connectivity index (χ1n) is 23.6. The van der Waals surface area contributed by atoms with Crippen molar-refractivity contribution >= 4 is 17.9 Å². The minimum atomic E-state index is -0.854. The first-order valence-corrected chi connectivity index (χ1v) is 23.6. The summed E-state index contributed by atoms with van der Waals surface area (Å²) in [5.74, 6) is -1.13. The van der Waals surface area contributed by atoms with E-state index in [-0.39, 0.29) is 44.4 Å². The number of allylic oxidation sites excluding steroid dienone is 26. The van der Waals surface area contributed by atoms with Crippen molar-refractivity contribution in [1.29, 1.82) is 0 Å². The smallest absolute Gasteiger partial charge is 0.306 e. The van der Waals surface area contributed by atoms with Crippen LogP contribution in [-0.4, -0.2) is 37.2 Å². The van der Waals surface area contributed by atoms with Gasteiger partial charge in [-0.3, -0.25) is 14.4 Å². The van der Waals surface area contributed by atoms with Gasteiger partial charge in [-0.05, 0) is 89.9 Å². The van der Waals surface area contributed by atoms with Crippen LogP contribution in [0.4, 0.5) is 0 Å². The summed E-state index contributed by atoms with van der Waals surface area (Å²) in [4.78, 5) is 37.7. The molecule has 0 fully saturated rings. The Morgan fingerprint density at radius 1 is 0.355 bits per heavy atom. The molecule has 342 valence electrons. The van der Waals surface area contributed by atoms with Crippen molar-refractivity contribution in [2.45, 2.75) is 162 Å². The van der Waals surface area contributed by atoms with Crippen molar-refractivity contribution in [3.05, 3.63) is 158 Å². The fourth-order valence-corrected chi connectivity index (χ4v) is 5.48. The van der Waals surface area contributed by atoms with E-state index in [1.54, 1.807) is 0 Å². The summed E-state index contributed by atoms with van der Waals surface area (Å²) in [6.07, 6.45) is 71.0. The quantitative estimate of drug-likeness (QED) is 0.0202. The predicted octanol–water partition coefficient (Wildman–Crippen LogP) is 15.5. The van der Waals surface area contributed by atoms with Gasteiger partial charge in [0, 0.05) is 19.3 Å². The van der Waals surface area contributed by atoms with Gasteiger partial charge in [-0.15, -0.1) is 0 Å². The fourth-order valence-electron chi connectivity index (χ4n) is 5.48. The summed E-state index contributed by atoms with van der Waals surface area (Å²) in [5.41, 5.74) is 0. The molecule has 0 rings (SSSR count). The van der Waals surface area contributed by atoms with Crippen LogP contribution in [0, 0.1) is 0 Å². The molecule has 0 aliphatic rings. The standard InChI is InChI=1S/C56H82O6/c1-4-7-10-13-16-19-21-23-25-27-28-29-31-32-34-37-40-43-46-49-55(58)61-52-53(51-60-54(57)48-45-42-39-36-18-15-12-9-6-3)62-56(59)50-47-44-41-38-35-33-30-26-24-22-20-17-14-11-8-5-2/h7-8,10-11,13,16-17,19-21,23-29,31-36,39,41,44,53H,4-6,9,12,14-15,18,22,30,37-38,40,42-43,45-52H2,1-3H3/b10-7-,11-8-,16-13-,20-17-,21-19-,25-23-,26-24-,28-27+,31-29-,34-32-,35-33-,39-36-,44-41-. The van der Waals surface area contributed by atoms with Gasteiger partial charge in [-0.1, -0.05) is 204 Å². The number of carbonyl (C=O) groups excluding carboxylic acids is 3.